The van der Waals surface area contributed by atoms with Gasteiger partial charge in [0.15, 0.2) is 17.5 Å². The SMILES string of the molecule is CN=C(NCCOc1ccc2c(c1)OCO2)NCCn1cccc1.I. The molecule has 7 nitrogen and oxygen atoms in total. The molecule has 1 aromatic heterocycles. The van der Waals surface area contributed by atoms with E-state index in [1.165, 1.54) is 0 Å². The molecule has 0 amide bonds. The summed E-state index contributed by atoms with van der Waals surface area (Å²) in [5, 5.41) is 6.49. The van der Waals surface area contributed by atoms with Gasteiger partial charge in [-0.05, 0) is 24.3 Å². The first-order valence-electron chi connectivity index (χ1n) is 7.93. The molecule has 0 spiro atoms. The smallest absolute Gasteiger partial charge is 0.231 e. The van der Waals surface area contributed by atoms with Crippen LogP contribution in [0, 0.1) is 0 Å². The second kappa shape index (κ2) is 10.0. The highest BCUT2D eigenvalue weighted by atomic mass is 127. The Labute approximate surface area is 164 Å². The Morgan fingerprint density at radius 2 is 1.92 bits per heavy atom. The number of benzene rings is 1. The molecule has 8 heteroatoms. The molecule has 1 aliphatic rings. The third-order valence-electron chi connectivity index (χ3n) is 3.56. The molecular weight excluding hydrogens is 435 g/mol. The topological polar surface area (TPSA) is 69.0 Å². The number of aromatic nitrogens is 1. The van der Waals surface area contributed by atoms with E-state index in [9.17, 15) is 0 Å². The molecule has 1 aromatic carbocycles. The molecule has 136 valence electrons. The number of hydrogen-bond donors (Lipinski definition) is 2. The standard InChI is InChI=1S/C17H22N4O3.HI/c1-18-17(19-6-10-21-8-2-3-9-21)20-7-11-22-14-4-5-15-16(12-14)24-13-23-15;/h2-5,8-9,12H,6-7,10-11,13H2,1H3,(H2,18,19,20);1H. The minimum Gasteiger partial charge on any atom is -0.492 e. The summed E-state index contributed by atoms with van der Waals surface area (Å²) in [5.74, 6) is 3.00. The van der Waals surface area contributed by atoms with Gasteiger partial charge in [0.05, 0.1) is 6.54 Å². The van der Waals surface area contributed by atoms with Gasteiger partial charge in [0.1, 0.15) is 12.4 Å². The second-order valence-electron chi connectivity index (χ2n) is 5.21. The average Bonchev–Trinajstić information content (AvgIpc) is 3.27. The number of nitrogens with zero attached hydrogens (tertiary/aromatic N) is 2. The van der Waals surface area contributed by atoms with Crippen molar-refractivity contribution >= 4 is 29.9 Å². The monoisotopic (exact) mass is 458 g/mol. The molecule has 0 saturated heterocycles. The van der Waals surface area contributed by atoms with Crippen molar-refractivity contribution in [3.05, 3.63) is 42.7 Å². The molecule has 0 radical (unpaired) electrons. The maximum absolute atomic E-state index is 5.70. The Balaban J connectivity index is 0.00000225. The zero-order chi connectivity index (χ0) is 16.6. The summed E-state index contributed by atoms with van der Waals surface area (Å²) in [6.45, 7) is 3.14. The van der Waals surface area contributed by atoms with Crippen LogP contribution in [0.3, 0.4) is 0 Å². The van der Waals surface area contributed by atoms with Crippen molar-refractivity contribution in [1.29, 1.82) is 0 Å². The van der Waals surface area contributed by atoms with E-state index in [-0.39, 0.29) is 30.8 Å². The molecule has 0 fully saturated rings. The number of aliphatic imine (C=N–C) groups is 1. The molecule has 0 atom stereocenters. The minimum absolute atomic E-state index is 0. The lowest BCUT2D eigenvalue weighted by atomic mass is 10.3. The highest BCUT2D eigenvalue weighted by molar-refractivity contribution is 14.0. The maximum Gasteiger partial charge on any atom is 0.231 e. The molecule has 1 aliphatic heterocycles. The largest absolute Gasteiger partial charge is 0.492 e. The summed E-state index contributed by atoms with van der Waals surface area (Å²) in [4.78, 5) is 4.19. The maximum atomic E-state index is 5.70. The fourth-order valence-corrected chi connectivity index (χ4v) is 2.35. The van der Waals surface area contributed by atoms with Crippen LogP contribution in [0.15, 0.2) is 47.7 Å². The van der Waals surface area contributed by atoms with Gasteiger partial charge in [-0.3, -0.25) is 4.99 Å². The Hall–Kier alpha value is -2.10. The molecular formula is C17H23IN4O3. The van der Waals surface area contributed by atoms with Crippen molar-refractivity contribution < 1.29 is 14.2 Å². The number of ether oxygens (including phenoxy) is 3. The summed E-state index contributed by atoms with van der Waals surface area (Å²) >= 11 is 0. The molecule has 0 aliphatic carbocycles. The second-order valence-corrected chi connectivity index (χ2v) is 5.21. The highest BCUT2D eigenvalue weighted by Crippen LogP contribution is 2.34. The van der Waals surface area contributed by atoms with Gasteiger partial charge in [-0.1, -0.05) is 0 Å². The van der Waals surface area contributed by atoms with Crippen molar-refractivity contribution in [3.63, 3.8) is 0 Å². The quantitative estimate of drug-likeness (QED) is 0.288. The van der Waals surface area contributed by atoms with Crippen LogP contribution in [-0.2, 0) is 6.54 Å². The molecule has 2 N–H and O–H groups in total. The number of halogens is 1. The number of nitrogens with one attached hydrogen (secondary N) is 2. The fourth-order valence-electron chi connectivity index (χ4n) is 2.35. The normalized spacial score (nSPS) is 12.4. The summed E-state index contributed by atoms with van der Waals surface area (Å²) in [6.07, 6.45) is 4.08. The van der Waals surface area contributed by atoms with Gasteiger partial charge in [0, 0.05) is 38.6 Å². The first-order valence-corrected chi connectivity index (χ1v) is 7.93. The van der Waals surface area contributed by atoms with E-state index in [4.69, 9.17) is 14.2 Å². The highest BCUT2D eigenvalue weighted by Gasteiger charge is 2.13. The molecule has 0 bridgehead atoms. The van der Waals surface area contributed by atoms with Crippen molar-refractivity contribution in [3.8, 4) is 17.2 Å². The first kappa shape index (κ1) is 19.2. The van der Waals surface area contributed by atoms with Crippen LogP contribution in [0.5, 0.6) is 17.2 Å². The van der Waals surface area contributed by atoms with Crippen LogP contribution < -0.4 is 24.8 Å². The van der Waals surface area contributed by atoms with Gasteiger partial charge < -0.3 is 29.4 Å². The summed E-state index contributed by atoms with van der Waals surface area (Å²) in [7, 11) is 1.75. The number of rotatable bonds is 7. The molecule has 0 unspecified atom stereocenters. The Morgan fingerprint density at radius 3 is 2.72 bits per heavy atom. The Kier molecular flexibility index (Phi) is 7.71. The third-order valence-corrected chi connectivity index (χ3v) is 3.56. The summed E-state index contributed by atoms with van der Waals surface area (Å²) in [5.41, 5.74) is 0. The average molecular weight is 458 g/mol. The van der Waals surface area contributed by atoms with Crippen LogP contribution in [-0.4, -0.2) is 44.1 Å². The Bertz CT molecular complexity index is 677. The third kappa shape index (κ3) is 5.73. The van der Waals surface area contributed by atoms with Gasteiger partial charge in [-0.15, -0.1) is 24.0 Å². The fraction of sp³-hybridized carbons (Fsp3) is 0.353. The van der Waals surface area contributed by atoms with Crippen molar-refractivity contribution in [2.45, 2.75) is 6.54 Å². The van der Waals surface area contributed by atoms with Crippen LogP contribution in [0.4, 0.5) is 0 Å². The minimum atomic E-state index is 0. The van der Waals surface area contributed by atoms with Crippen molar-refractivity contribution in [1.82, 2.24) is 15.2 Å². The molecule has 0 saturated carbocycles. The lowest BCUT2D eigenvalue weighted by Crippen LogP contribution is -2.40. The zero-order valence-corrected chi connectivity index (χ0v) is 16.4. The summed E-state index contributed by atoms with van der Waals surface area (Å²) < 4.78 is 18.4. The van der Waals surface area contributed by atoms with Gasteiger partial charge in [-0.25, -0.2) is 0 Å². The van der Waals surface area contributed by atoms with E-state index < -0.39 is 0 Å². The molecule has 2 aromatic rings. The number of fused-ring (bicyclic) bond motifs is 1. The van der Waals surface area contributed by atoms with Crippen LogP contribution in [0.25, 0.3) is 0 Å². The van der Waals surface area contributed by atoms with Crippen molar-refractivity contribution in [2.75, 3.05) is 33.5 Å². The number of guanidine groups is 1. The predicted octanol–water partition coefficient (Wildman–Crippen LogP) is 2.08. The Morgan fingerprint density at radius 1 is 1.16 bits per heavy atom. The summed E-state index contributed by atoms with van der Waals surface area (Å²) in [6, 6.07) is 9.60. The van der Waals surface area contributed by atoms with E-state index in [0.29, 0.717) is 13.2 Å². The van der Waals surface area contributed by atoms with Crippen LogP contribution in [0.1, 0.15) is 0 Å². The first-order chi connectivity index (χ1) is 11.8. The van der Waals surface area contributed by atoms with E-state index in [1.54, 1.807) is 7.05 Å². The van der Waals surface area contributed by atoms with E-state index in [2.05, 4.69) is 20.2 Å². The molecule has 25 heavy (non-hydrogen) atoms. The van der Waals surface area contributed by atoms with Gasteiger partial charge in [0.2, 0.25) is 6.79 Å². The zero-order valence-electron chi connectivity index (χ0n) is 14.1. The number of hydrogen-bond acceptors (Lipinski definition) is 4. The molecule has 2 heterocycles. The van der Waals surface area contributed by atoms with Gasteiger partial charge in [0.25, 0.3) is 0 Å². The van der Waals surface area contributed by atoms with E-state index in [0.717, 1.165) is 36.3 Å². The molecule has 3 rings (SSSR count). The van der Waals surface area contributed by atoms with Gasteiger partial charge >= 0.3 is 0 Å². The van der Waals surface area contributed by atoms with Crippen LogP contribution in [0.2, 0.25) is 0 Å². The van der Waals surface area contributed by atoms with E-state index in [1.807, 2.05) is 42.7 Å². The lowest BCUT2D eigenvalue weighted by Gasteiger charge is -2.13. The van der Waals surface area contributed by atoms with Crippen LogP contribution >= 0.6 is 24.0 Å². The predicted molar refractivity (Wildman–Crippen MR) is 107 cm³/mol. The van der Waals surface area contributed by atoms with Crippen molar-refractivity contribution in [2.24, 2.45) is 4.99 Å². The van der Waals surface area contributed by atoms with E-state index >= 15 is 0 Å². The van der Waals surface area contributed by atoms with Gasteiger partial charge in [-0.2, -0.15) is 0 Å². The lowest BCUT2D eigenvalue weighted by molar-refractivity contribution is 0.173.